The molecule has 0 bridgehead atoms. The van der Waals surface area contributed by atoms with Crippen LogP contribution in [0.2, 0.25) is 0 Å². The quantitative estimate of drug-likeness (QED) is 0.840. The number of imidazole rings is 1. The van der Waals surface area contributed by atoms with E-state index in [0.29, 0.717) is 25.5 Å². The number of amides is 1. The average molecular weight is 410 g/mol. The third-order valence-electron chi connectivity index (χ3n) is 5.05. The molecular weight excluding hydrogens is 389 g/mol. The molecule has 134 valence electrons. The van der Waals surface area contributed by atoms with Gasteiger partial charge in [0.2, 0.25) is 11.9 Å². The topological polar surface area (TPSA) is 67.4 Å². The SMILES string of the molecule is N[C@@H]1CN(c2nc3cc(Br)ccc3n2CC(=O)N2CCC2)CC[C@H]1F. The van der Waals surface area contributed by atoms with Crippen molar-refractivity contribution in [2.75, 3.05) is 31.1 Å². The highest BCUT2D eigenvalue weighted by Gasteiger charge is 2.30. The van der Waals surface area contributed by atoms with Gasteiger partial charge in [0, 0.05) is 30.7 Å². The third kappa shape index (κ3) is 3.13. The van der Waals surface area contributed by atoms with Gasteiger partial charge in [-0.2, -0.15) is 0 Å². The number of hydrogen-bond donors (Lipinski definition) is 1. The van der Waals surface area contributed by atoms with Gasteiger partial charge in [-0.15, -0.1) is 0 Å². The fourth-order valence-corrected chi connectivity index (χ4v) is 3.77. The number of anilines is 1. The summed E-state index contributed by atoms with van der Waals surface area (Å²) in [4.78, 5) is 21.1. The number of aromatic nitrogens is 2. The summed E-state index contributed by atoms with van der Waals surface area (Å²) in [5, 5.41) is 0. The van der Waals surface area contributed by atoms with Gasteiger partial charge in [0.25, 0.3) is 0 Å². The number of carbonyl (C=O) groups excluding carboxylic acids is 1. The van der Waals surface area contributed by atoms with E-state index in [1.165, 1.54) is 0 Å². The normalized spacial score (nSPS) is 23.8. The van der Waals surface area contributed by atoms with Crippen LogP contribution >= 0.6 is 15.9 Å². The van der Waals surface area contributed by atoms with Crippen LogP contribution in [0.1, 0.15) is 12.8 Å². The minimum absolute atomic E-state index is 0.0967. The van der Waals surface area contributed by atoms with E-state index in [-0.39, 0.29) is 12.5 Å². The van der Waals surface area contributed by atoms with E-state index in [9.17, 15) is 9.18 Å². The minimum Gasteiger partial charge on any atom is -0.341 e. The van der Waals surface area contributed by atoms with Gasteiger partial charge in [0.15, 0.2) is 0 Å². The molecule has 1 aromatic heterocycles. The Morgan fingerprint density at radius 2 is 2.16 bits per heavy atom. The molecule has 25 heavy (non-hydrogen) atoms. The Labute approximate surface area is 153 Å². The molecule has 2 N–H and O–H groups in total. The monoisotopic (exact) mass is 409 g/mol. The molecule has 2 aromatic rings. The van der Waals surface area contributed by atoms with E-state index in [1.807, 2.05) is 32.6 Å². The lowest BCUT2D eigenvalue weighted by molar-refractivity contribution is -0.135. The van der Waals surface area contributed by atoms with Crippen molar-refractivity contribution in [3.8, 4) is 0 Å². The van der Waals surface area contributed by atoms with Gasteiger partial charge in [0.05, 0.1) is 17.1 Å². The van der Waals surface area contributed by atoms with Gasteiger partial charge in [-0.05, 0) is 31.0 Å². The van der Waals surface area contributed by atoms with Crippen LogP contribution in [0, 0.1) is 0 Å². The Morgan fingerprint density at radius 3 is 2.84 bits per heavy atom. The molecule has 2 aliphatic heterocycles. The van der Waals surface area contributed by atoms with Crippen LogP contribution in [0.15, 0.2) is 22.7 Å². The molecular formula is C17H21BrFN5O. The van der Waals surface area contributed by atoms with Crippen LogP contribution in [0.3, 0.4) is 0 Å². The Bertz CT molecular complexity index is 806. The molecule has 1 amide bonds. The summed E-state index contributed by atoms with van der Waals surface area (Å²) < 4.78 is 16.6. The maximum atomic E-state index is 13.7. The Hall–Kier alpha value is -1.67. The first-order valence-electron chi connectivity index (χ1n) is 8.61. The van der Waals surface area contributed by atoms with E-state index in [4.69, 9.17) is 10.7 Å². The molecule has 6 nitrogen and oxygen atoms in total. The molecule has 0 spiro atoms. The summed E-state index contributed by atoms with van der Waals surface area (Å²) in [7, 11) is 0. The molecule has 2 atom stereocenters. The van der Waals surface area contributed by atoms with E-state index >= 15 is 0 Å². The van der Waals surface area contributed by atoms with Crippen molar-refractivity contribution in [3.63, 3.8) is 0 Å². The van der Waals surface area contributed by atoms with Crippen molar-refractivity contribution < 1.29 is 9.18 Å². The lowest BCUT2D eigenvalue weighted by Gasteiger charge is -2.35. The second kappa shape index (κ2) is 6.57. The number of carbonyl (C=O) groups is 1. The van der Waals surface area contributed by atoms with Crippen LogP contribution in [0.5, 0.6) is 0 Å². The highest BCUT2D eigenvalue weighted by molar-refractivity contribution is 9.10. The number of alkyl halides is 1. The first-order chi connectivity index (χ1) is 12.0. The maximum absolute atomic E-state index is 13.7. The lowest BCUT2D eigenvalue weighted by atomic mass is 10.1. The number of likely N-dealkylation sites (tertiary alicyclic amines) is 1. The van der Waals surface area contributed by atoms with Crippen LogP contribution in [-0.4, -0.2) is 58.8 Å². The Morgan fingerprint density at radius 1 is 1.36 bits per heavy atom. The lowest BCUT2D eigenvalue weighted by Crippen LogP contribution is -2.50. The highest BCUT2D eigenvalue weighted by Crippen LogP contribution is 2.28. The largest absolute Gasteiger partial charge is 0.341 e. The Balaban J connectivity index is 1.71. The van der Waals surface area contributed by atoms with Crippen molar-refractivity contribution in [2.24, 2.45) is 5.73 Å². The van der Waals surface area contributed by atoms with Crippen LogP contribution in [0.25, 0.3) is 11.0 Å². The fraction of sp³-hybridized carbons (Fsp3) is 0.529. The zero-order valence-electron chi connectivity index (χ0n) is 13.9. The second-order valence-corrected chi connectivity index (χ2v) is 7.70. The number of rotatable bonds is 3. The number of nitrogens with two attached hydrogens (primary N) is 1. The number of benzene rings is 1. The van der Waals surface area contributed by atoms with Crippen molar-refractivity contribution in [2.45, 2.75) is 31.6 Å². The van der Waals surface area contributed by atoms with Gasteiger partial charge in [-0.1, -0.05) is 15.9 Å². The number of piperidine rings is 1. The summed E-state index contributed by atoms with van der Waals surface area (Å²) in [6.45, 7) is 2.86. The zero-order valence-corrected chi connectivity index (χ0v) is 15.5. The first kappa shape index (κ1) is 16.8. The molecule has 2 aliphatic rings. The minimum atomic E-state index is -0.981. The number of halogens is 2. The van der Waals surface area contributed by atoms with Gasteiger partial charge in [0.1, 0.15) is 12.7 Å². The highest BCUT2D eigenvalue weighted by atomic mass is 79.9. The van der Waals surface area contributed by atoms with Gasteiger partial charge in [-0.3, -0.25) is 4.79 Å². The van der Waals surface area contributed by atoms with Crippen LogP contribution < -0.4 is 10.6 Å². The van der Waals surface area contributed by atoms with E-state index in [1.54, 1.807) is 0 Å². The standard InChI is InChI=1S/C17H21BrFN5O/c18-11-2-3-15-14(8-11)21-17(23-7-4-12(19)13(20)9-23)24(15)10-16(25)22-5-1-6-22/h2-3,8,12-13H,1,4-7,9-10,20H2/t12-,13-/m1/s1. The van der Waals surface area contributed by atoms with Crippen molar-refractivity contribution in [1.29, 1.82) is 0 Å². The smallest absolute Gasteiger partial charge is 0.242 e. The van der Waals surface area contributed by atoms with Gasteiger partial charge >= 0.3 is 0 Å². The predicted molar refractivity (Wildman–Crippen MR) is 98.3 cm³/mol. The third-order valence-corrected chi connectivity index (χ3v) is 5.54. The first-order valence-corrected chi connectivity index (χ1v) is 9.40. The van der Waals surface area contributed by atoms with Gasteiger partial charge in [-0.25, -0.2) is 9.37 Å². The molecule has 0 unspecified atom stereocenters. The van der Waals surface area contributed by atoms with E-state index < -0.39 is 12.2 Å². The van der Waals surface area contributed by atoms with Crippen LogP contribution in [-0.2, 0) is 11.3 Å². The van der Waals surface area contributed by atoms with Crippen molar-refractivity contribution in [3.05, 3.63) is 22.7 Å². The van der Waals surface area contributed by atoms with E-state index in [0.717, 1.165) is 35.0 Å². The molecule has 8 heteroatoms. The molecule has 4 rings (SSSR count). The fourth-order valence-electron chi connectivity index (χ4n) is 3.42. The zero-order chi connectivity index (χ0) is 17.6. The van der Waals surface area contributed by atoms with Gasteiger partial charge < -0.3 is 20.1 Å². The molecule has 3 heterocycles. The van der Waals surface area contributed by atoms with Crippen LogP contribution in [0.4, 0.5) is 10.3 Å². The van der Waals surface area contributed by atoms with Crippen molar-refractivity contribution >= 4 is 38.8 Å². The molecule has 2 fully saturated rings. The predicted octanol–water partition coefficient (Wildman–Crippen LogP) is 1.91. The molecule has 0 saturated carbocycles. The maximum Gasteiger partial charge on any atom is 0.242 e. The van der Waals surface area contributed by atoms with E-state index in [2.05, 4.69) is 15.9 Å². The number of hydrogen-bond acceptors (Lipinski definition) is 4. The average Bonchev–Trinajstić information content (AvgIpc) is 2.86. The Kier molecular flexibility index (Phi) is 4.41. The number of fused-ring (bicyclic) bond motifs is 1. The summed E-state index contributed by atoms with van der Waals surface area (Å²) >= 11 is 3.47. The molecule has 2 saturated heterocycles. The summed E-state index contributed by atoms with van der Waals surface area (Å²) in [5.74, 6) is 0.795. The molecule has 0 radical (unpaired) electrons. The summed E-state index contributed by atoms with van der Waals surface area (Å²) in [5.41, 5.74) is 7.64. The van der Waals surface area contributed by atoms with Crippen molar-refractivity contribution in [1.82, 2.24) is 14.5 Å². The molecule has 1 aromatic carbocycles. The second-order valence-electron chi connectivity index (χ2n) is 6.78. The summed E-state index contributed by atoms with van der Waals surface area (Å²) in [6.07, 6.45) is 0.467. The number of nitrogens with zero attached hydrogens (tertiary/aromatic N) is 4. The summed E-state index contributed by atoms with van der Waals surface area (Å²) in [6, 6.07) is 5.31. The molecule has 0 aliphatic carbocycles.